The molecule has 0 saturated heterocycles. The molecule has 3 rings (SSSR count). The molecule has 0 fully saturated rings. The molecular formula is C17H17N3O. The molecule has 0 aliphatic heterocycles. The van der Waals surface area contributed by atoms with Crippen molar-refractivity contribution < 1.29 is 5.11 Å². The van der Waals surface area contributed by atoms with Crippen molar-refractivity contribution in [3.05, 3.63) is 65.7 Å². The summed E-state index contributed by atoms with van der Waals surface area (Å²) in [6.07, 6.45) is 0. The van der Waals surface area contributed by atoms with Crippen LogP contribution < -0.4 is 11.1 Å². The first-order valence-corrected chi connectivity index (χ1v) is 6.83. The molecule has 3 aromatic rings. The molecule has 4 heteroatoms. The Morgan fingerprint density at radius 2 is 1.86 bits per heavy atom. The Morgan fingerprint density at radius 3 is 2.71 bits per heavy atom. The summed E-state index contributed by atoms with van der Waals surface area (Å²) in [5.74, 6) is 0.821. The van der Waals surface area contributed by atoms with Crippen LogP contribution in [0.15, 0.2) is 54.6 Å². The van der Waals surface area contributed by atoms with Gasteiger partial charge in [-0.25, -0.2) is 4.98 Å². The number of rotatable bonds is 4. The van der Waals surface area contributed by atoms with E-state index in [4.69, 9.17) is 10.8 Å². The molecule has 21 heavy (non-hydrogen) atoms. The zero-order chi connectivity index (χ0) is 14.7. The molecule has 4 nitrogen and oxygen atoms in total. The Labute approximate surface area is 123 Å². The van der Waals surface area contributed by atoms with Crippen molar-refractivity contribution in [2.45, 2.75) is 13.2 Å². The Balaban J connectivity index is 1.77. The Bertz CT molecular complexity index is 771. The number of nitrogens with two attached hydrogens (primary N) is 1. The third kappa shape index (κ3) is 3.12. The highest BCUT2D eigenvalue weighted by Crippen LogP contribution is 2.18. The highest BCUT2D eigenvalue weighted by Gasteiger charge is 2.00. The van der Waals surface area contributed by atoms with Crippen molar-refractivity contribution in [2.75, 3.05) is 11.1 Å². The highest BCUT2D eigenvalue weighted by atomic mass is 16.3. The summed E-state index contributed by atoms with van der Waals surface area (Å²) in [6.45, 7) is 0.727. The number of nitrogens with zero attached hydrogens (tertiary/aromatic N) is 1. The summed E-state index contributed by atoms with van der Waals surface area (Å²) in [4.78, 5) is 4.56. The van der Waals surface area contributed by atoms with E-state index in [1.807, 2.05) is 54.6 Å². The number of hydrogen-bond acceptors (Lipinski definition) is 4. The van der Waals surface area contributed by atoms with Gasteiger partial charge in [-0.15, -0.1) is 0 Å². The molecule has 4 N–H and O–H groups in total. The second-order valence-corrected chi connectivity index (χ2v) is 4.98. The largest absolute Gasteiger partial charge is 0.399 e. The predicted octanol–water partition coefficient (Wildman–Crippen LogP) is 2.92. The Morgan fingerprint density at radius 1 is 1.00 bits per heavy atom. The second-order valence-electron chi connectivity index (χ2n) is 4.98. The SMILES string of the molecule is Nc1ccc2nc(NCc3cccc(CO)c3)ccc2c1. The van der Waals surface area contributed by atoms with E-state index in [1.165, 1.54) is 0 Å². The van der Waals surface area contributed by atoms with Gasteiger partial charge in [0.2, 0.25) is 0 Å². The fourth-order valence-electron chi connectivity index (χ4n) is 2.27. The average Bonchev–Trinajstić information content (AvgIpc) is 2.53. The van der Waals surface area contributed by atoms with Crippen molar-refractivity contribution >= 4 is 22.4 Å². The summed E-state index contributed by atoms with van der Waals surface area (Å²) in [5.41, 5.74) is 9.44. The van der Waals surface area contributed by atoms with Gasteiger partial charge in [-0.3, -0.25) is 0 Å². The van der Waals surface area contributed by atoms with Gasteiger partial charge in [-0.05, 0) is 41.5 Å². The highest BCUT2D eigenvalue weighted by molar-refractivity contribution is 5.83. The molecule has 106 valence electrons. The van der Waals surface area contributed by atoms with Crippen molar-refractivity contribution in [1.29, 1.82) is 0 Å². The summed E-state index contributed by atoms with van der Waals surface area (Å²) in [6, 6.07) is 17.5. The van der Waals surface area contributed by atoms with Gasteiger partial charge in [-0.2, -0.15) is 0 Å². The van der Waals surface area contributed by atoms with Gasteiger partial charge in [0, 0.05) is 17.6 Å². The van der Waals surface area contributed by atoms with E-state index in [0.717, 1.165) is 33.5 Å². The number of fused-ring (bicyclic) bond motifs is 1. The molecule has 0 spiro atoms. The minimum Gasteiger partial charge on any atom is -0.399 e. The maximum absolute atomic E-state index is 9.15. The smallest absolute Gasteiger partial charge is 0.126 e. The number of anilines is 2. The normalized spacial score (nSPS) is 10.7. The van der Waals surface area contributed by atoms with Crippen LogP contribution in [-0.4, -0.2) is 10.1 Å². The first-order valence-electron chi connectivity index (χ1n) is 6.83. The molecule has 2 aromatic carbocycles. The number of aromatic nitrogens is 1. The third-order valence-corrected chi connectivity index (χ3v) is 3.36. The quantitative estimate of drug-likeness (QED) is 0.642. The lowest BCUT2D eigenvalue weighted by Gasteiger charge is -2.08. The van der Waals surface area contributed by atoms with E-state index in [9.17, 15) is 0 Å². The molecule has 0 bridgehead atoms. The number of pyridine rings is 1. The van der Waals surface area contributed by atoms with Crippen LogP contribution in [0.25, 0.3) is 10.9 Å². The first-order chi connectivity index (χ1) is 10.2. The predicted molar refractivity (Wildman–Crippen MR) is 85.8 cm³/mol. The van der Waals surface area contributed by atoms with Crippen LogP contribution in [0.5, 0.6) is 0 Å². The van der Waals surface area contributed by atoms with Crippen LogP contribution in [0.3, 0.4) is 0 Å². The minimum atomic E-state index is 0.0590. The van der Waals surface area contributed by atoms with Gasteiger partial charge in [0.15, 0.2) is 0 Å². The molecule has 1 aromatic heterocycles. The number of aliphatic hydroxyl groups excluding tert-OH is 1. The van der Waals surface area contributed by atoms with E-state index in [-0.39, 0.29) is 6.61 Å². The lowest BCUT2D eigenvalue weighted by Crippen LogP contribution is -2.02. The van der Waals surface area contributed by atoms with E-state index in [1.54, 1.807) is 0 Å². The monoisotopic (exact) mass is 279 g/mol. The summed E-state index contributed by atoms with van der Waals surface area (Å²) in [7, 11) is 0. The van der Waals surface area contributed by atoms with E-state index < -0.39 is 0 Å². The fourth-order valence-corrected chi connectivity index (χ4v) is 2.27. The minimum absolute atomic E-state index is 0.0590. The van der Waals surface area contributed by atoms with Gasteiger partial charge in [-0.1, -0.05) is 24.3 Å². The molecule has 0 saturated carbocycles. The molecule has 0 atom stereocenters. The van der Waals surface area contributed by atoms with Gasteiger partial charge < -0.3 is 16.2 Å². The number of nitrogens with one attached hydrogen (secondary N) is 1. The van der Waals surface area contributed by atoms with Crippen molar-refractivity contribution in [3.8, 4) is 0 Å². The topological polar surface area (TPSA) is 71.2 Å². The maximum Gasteiger partial charge on any atom is 0.126 e. The van der Waals surface area contributed by atoms with Crippen LogP contribution in [0.1, 0.15) is 11.1 Å². The molecule has 0 unspecified atom stereocenters. The van der Waals surface area contributed by atoms with E-state index in [2.05, 4.69) is 10.3 Å². The maximum atomic E-state index is 9.15. The molecule has 0 radical (unpaired) electrons. The van der Waals surface area contributed by atoms with Gasteiger partial charge in [0.25, 0.3) is 0 Å². The van der Waals surface area contributed by atoms with E-state index in [0.29, 0.717) is 6.54 Å². The second kappa shape index (κ2) is 5.81. The number of hydrogen-bond donors (Lipinski definition) is 3. The zero-order valence-electron chi connectivity index (χ0n) is 11.6. The van der Waals surface area contributed by atoms with Crippen molar-refractivity contribution in [1.82, 2.24) is 4.98 Å². The van der Waals surface area contributed by atoms with Gasteiger partial charge in [0.05, 0.1) is 12.1 Å². The van der Waals surface area contributed by atoms with Crippen LogP contribution in [0.2, 0.25) is 0 Å². The number of benzene rings is 2. The van der Waals surface area contributed by atoms with Gasteiger partial charge >= 0.3 is 0 Å². The molecule has 0 aliphatic carbocycles. The summed E-state index contributed by atoms with van der Waals surface area (Å²) < 4.78 is 0. The van der Waals surface area contributed by atoms with Crippen LogP contribution in [0, 0.1) is 0 Å². The first kappa shape index (κ1) is 13.4. The van der Waals surface area contributed by atoms with Crippen LogP contribution in [-0.2, 0) is 13.2 Å². The standard InChI is InChI=1S/C17H17N3O/c18-15-5-6-16-14(9-15)4-7-17(20-16)19-10-12-2-1-3-13(8-12)11-21/h1-9,21H,10-11,18H2,(H,19,20). The fraction of sp³-hybridized carbons (Fsp3) is 0.118. The summed E-state index contributed by atoms with van der Waals surface area (Å²) in [5, 5.41) is 13.5. The van der Waals surface area contributed by atoms with Gasteiger partial charge in [0.1, 0.15) is 5.82 Å². The van der Waals surface area contributed by atoms with Crippen molar-refractivity contribution in [2.24, 2.45) is 0 Å². The number of nitrogen functional groups attached to an aromatic ring is 1. The lowest BCUT2D eigenvalue weighted by molar-refractivity contribution is 0.281. The molecule has 0 aliphatic rings. The van der Waals surface area contributed by atoms with Crippen LogP contribution >= 0.6 is 0 Å². The Hall–Kier alpha value is -2.59. The number of aliphatic hydroxyl groups is 1. The van der Waals surface area contributed by atoms with Crippen molar-refractivity contribution in [3.63, 3.8) is 0 Å². The zero-order valence-corrected chi connectivity index (χ0v) is 11.6. The third-order valence-electron chi connectivity index (χ3n) is 3.36. The van der Waals surface area contributed by atoms with Crippen LogP contribution in [0.4, 0.5) is 11.5 Å². The summed E-state index contributed by atoms with van der Waals surface area (Å²) >= 11 is 0. The molecular weight excluding hydrogens is 262 g/mol. The Kier molecular flexibility index (Phi) is 3.71. The molecule has 0 amide bonds. The lowest BCUT2D eigenvalue weighted by atomic mass is 10.1. The molecule has 1 heterocycles. The average molecular weight is 279 g/mol. The van der Waals surface area contributed by atoms with E-state index >= 15 is 0 Å².